The topological polar surface area (TPSA) is 46.5 Å². The van der Waals surface area contributed by atoms with Crippen molar-refractivity contribution in [2.24, 2.45) is 0 Å². The predicted molar refractivity (Wildman–Crippen MR) is 75.0 cm³/mol. The zero-order valence-electron chi connectivity index (χ0n) is 10.5. The van der Waals surface area contributed by atoms with Crippen LogP contribution in [0.3, 0.4) is 0 Å². The van der Waals surface area contributed by atoms with Crippen LogP contribution in [0.5, 0.6) is 11.5 Å². The van der Waals surface area contributed by atoms with Gasteiger partial charge in [0.05, 0.1) is 7.11 Å². The summed E-state index contributed by atoms with van der Waals surface area (Å²) in [6, 6.07) is 14.4. The first-order chi connectivity index (χ1) is 9.24. The Morgan fingerprint density at radius 3 is 2.47 bits per heavy atom. The Bertz CT molecular complexity index is 601. The van der Waals surface area contributed by atoms with E-state index in [4.69, 9.17) is 4.74 Å². The van der Waals surface area contributed by atoms with Crippen molar-refractivity contribution in [1.82, 2.24) is 0 Å². The lowest BCUT2D eigenvalue weighted by Gasteiger charge is -2.05. The molecule has 1 N–H and O–H groups in total. The minimum atomic E-state index is 0.0505. The Hall–Kier alpha value is -2.55. The van der Waals surface area contributed by atoms with Gasteiger partial charge in [0.15, 0.2) is 17.8 Å². The number of rotatable bonds is 4. The fourth-order valence-electron chi connectivity index (χ4n) is 1.79. The van der Waals surface area contributed by atoms with Gasteiger partial charge in [-0.3, -0.25) is 4.79 Å². The van der Waals surface area contributed by atoms with Crippen LogP contribution in [0.2, 0.25) is 0 Å². The van der Waals surface area contributed by atoms with Crippen LogP contribution in [0.4, 0.5) is 0 Å². The maximum absolute atomic E-state index is 11.2. The molecule has 19 heavy (non-hydrogen) atoms. The van der Waals surface area contributed by atoms with E-state index in [1.165, 1.54) is 7.11 Å². The van der Waals surface area contributed by atoms with Crippen molar-refractivity contribution in [2.45, 2.75) is 0 Å². The van der Waals surface area contributed by atoms with E-state index in [1.807, 2.05) is 30.3 Å². The van der Waals surface area contributed by atoms with Crippen LogP contribution in [-0.2, 0) is 4.79 Å². The van der Waals surface area contributed by atoms with Gasteiger partial charge < -0.3 is 9.84 Å². The molecule has 0 atom stereocenters. The number of hydrogen-bond donors (Lipinski definition) is 1. The third kappa shape index (κ3) is 3.01. The third-order valence-corrected chi connectivity index (χ3v) is 2.76. The van der Waals surface area contributed by atoms with Crippen molar-refractivity contribution >= 4 is 17.9 Å². The summed E-state index contributed by atoms with van der Waals surface area (Å²) in [6.07, 6.45) is 2.53. The number of phenolic OH excluding ortho intramolecular Hbond substituents is 1. The molecule has 2 aromatic rings. The van der Waals surface area contributed by atoms with Crippen molar-refractivity contribution in [3.05, 3.63) is 59.7 Å². The van der Waals surface area contributed by atoms with E-state index in [1.54, 1.807) is 24.3 Å². The van der Waals surface area contributed by atoms with Gasteiger partial charge >= 0.3 is 0 Å². The highest BCUT2D eigenvalue weighted by atomic mass is 16.5. The van der Waals surface area contributed by atoms with Crippen LogP contribution in [0, 0.1) is 0 Å². The standard InChI is InChI=1S/C16H14O3/c1-19-16-8-7-12(10-15(16)18)9-14(11-17)13-5-3-2-4-6-13/h2-11,18H,1H3/b14-9-. The molecule has 0 aliphatic rings. The fourth-order valence-corrected chi connectivity index (χ4v) is 1.79. The summed E-state index contributed by atoms with van der Waals surface area (Å²) in [6.45, 7) is 0. The average Bonchev–Trinajstić information content (AvgIpc) is 2.46. The molecule has 0 radical (unpaired) electrons. The number of aldehydes is 1. The van der Waals surface area contributed by atoms with E-state index >= 15 is 0 Å². The van der Waals surface area contributed by atoms with Crippen LogP contribution in [0.25, 0.3) is 11.6 Å². The van der Waals surface area contributed by atoms with E-state index in [9.17, 15) is 9.90 Å². The SMILES string of the molecule is COc1ccc(/C=C(/C=O)c2ccccc2)cc1O. The number of carbonyl (C=O) groups is 1. The van der Waals surface area contributed by atoms with Gasteiger partial charge in [0.25, 0.3) is 0 Å². The lowest BCUT2D eigenvalue weighted by atomic mass is 10.0. The molecule has 2 aromatic carbocycles. The number of benzene rings is 2. The zero-order chi connectivity index (χ0) is 13.7. The summed E-state index contributed by atoms with van der Waals surface area (Å²) in [5.41, 5.74) is 2.14. The van der Waals surface area contributed by atoms with E-state index in [-0.39, 0.29) is 5.75 Å². The molecule has 0 aromatic heterocycles. The molecule has 0 heterocycles. The zero-order valence-corrected chi connectivity index (χ0v) is 10.5. The van der Waals surface area contributed by atoms with E-state index < -0.39 is 0 Å². The summed E-state index contributed by atoms with van der Waals surface area (Å²) < 4.78 is 4.98. The van der Waals surface area contributed by atoms with Gasteiger partial charge in [0.2, 0.25) is 0 Å². The van der Waals surface area contributed by atoms with E-state index in [0.717, 1.165) is 17.4 Å². The molecule has 0 amide bonds. The quantitative estimate of drug-likeness (QED) is 0.518. The molecule has 0 bridgehead atoms. The highest BCUT2D eigenvalue weighted by molar-refractivity contribution is 6.13. The third-order valence-electron chi connectivity index (χ3n) is 2.76. The van der Waals surface area contributed by atoms with Gasteiger partial charge in [0.1, 0.15) is 0 Å². The molecule has 2 rings (SSSR count). The first kappa shape index (κ1) is 12.9. The van der Waals surface area contributed by atoms with Crippen LogP contribution in [-0.4, -0.2) is 18.5 Å². The first-order valence-electron chi connectivity index (χ1n) is 5.84. The molecule has 0 spiro atoms. The molecule has 0 saturated heterocycles. The number of phenols is 1. The summed E-state index contributed by atoms with van der Waals surface area (Å²) in [4.78, 5) is 11.2. The Labute approximate surface area is 111 Å². The molecule has 0 aliphatic heterocycles. The van der Waals surface area contributed by atoms with Gasteiger partial charge in [-0.25, -0.2) is 0 Å². The van der Waals surface area contributed by atoms with Gasteiger partial charge in [0, 0.05) is 5.57 Å². The Morgan fingerprint density at radius 1 is 1.16 bits per heavy atom. The van der Waals surface area contributed by atoms with Crippen LogP contribution < -0.4 is 4.74 Å². The average molecular weight is 254 g/mol. The maximum atomic E-state index is 11.2. The van der Waals surface area contributed by atoms with Gasteiger partial charge in [-0.1, -0.05) is 36.4 Å². The normalized spacial score (nSPS) is 11.1. The smallest absolute Gasteiger partial charge is 0.160 e. The number of methoxy groups -OCH3 is 1. The van der Waals surface area contributed by atoms with Crippen LogP contribution in [0.15, 0.2) is 48.5 Å². The molecule has 96 valence electrons. The Morgan fingerprint density at radius 2 is 1.89 bits per heavy atom. The molecular weight excluding hydrogens is 240 g/mol. The van der Waals surface area contributed by atoms with Crippen molar-refractivity contribution in [1.29, 1.82) is 0 Å². The molecule has 0 saturated carbocycles. The summed E-state index contributed by atoms with van der Waals surface area (Å²) in [5.74, 6) is 0.457. The molecule has 3 nitrogen and oxygen atoms in total. The highest BCUT2D eigenvalue weighted by Crippen LogP contribution is 2.28. The maximum Gasteiger partial charge on any atom is 0.160 e. The second kappa shape index (κ2) is 5.87. The Balaban J connectivity index is 2.38. The largest absolute Gasteiger partial charge is 0.504 e. The lowest BCUT2D eigenvalue weighted by molar-refractivity contribution is -0.103. The number of allylic oxidation sites excluding steroid dienone is 1. The number of aromatic hydroxyl groups is 1. The van der Waals surface area contributed by atoms with Crippen molar-refractivity contribution in [3.8, 4) is 11.5 Å². The Kier molecular flexibility index (Phi) is 3.98. The van der Waals surface area contributed by atoms with Gasteiger partial charge in [-0.2, -0.15) is 0 Å². The second-order valence-electron chi connectivity index (χ2n) is 4.01. The minimum absolute atomic E-state index is 0.0505. The minimum Gasteiger partial charge on any atom is -0.504 e. The van der Waals surface area contributed by atoms with Crippen molar-refractivity contribution in [3.63, 3.8) is 0 Å². The summed E-state index contributed by atoms with van der Waals surface area (Å²) in [7, 11) is 1.49. The van der Waals surface area contributed by atoms with Crippen LogP contribution >= 0.6 is 0 Å². The van der Waals surface area contributed by atoms with E-state index in [2.05, 4.69) is 0 Å². The molecule has 0 aliphatic carbocycles. The number of carbonyl (C=O) groups excluding carboxylic acids is 1. The summed E-state index contributed by atoms with van der Waals surface area (Å²) >= 11 is 0. The van der Waals surface area contributed by atoms with Gasteiger partial charge in [-0.05, 0) is 29.3 Å². The molecule has 0 fully saturated rings. The highest BCUT2D eigenvalue weighted by Gasteiger charge is 2.03. The van der Waals surface area contributed by atoms with E-state index in [0.29, 0.717) is 11.3 Å². The molecule has 0 unspecified atom stereocenters. The number of ether oxygens (including phenoxy) is 1. The fraction of sp³-hybridized carbons (Fsp3) is 0.0625. The van der Waals surface area contributed by atoms with Gasteiger partial charge in [-0.15, -0.1) is 0 Å². The first-order valence-corrected chi connectivity index (χ1v) is 5.84. The monoisotopic (exact) mass is 254 g/mol. The lowest BCUT2D eigenvalue weighted by Crippen LogP contribution is -1.87. The van der Waals surface area contributed by atoms with Crippen molar-refractivity contribution < 1.29 is 14.6 Å². The number of hydrogen-bond acceptors (Lipinski definition) is 3. The molecule has 3 heteroatoms. The summed E-state index contributed by atoms with van der Waals surface area (Å²) in [5, 5.41) is 9.70. The van der Waals surface area contributed by atoms with Crippen LogP contribution in [0.1, 0.15) is 11.1 Å². The second-order valence-corrected chi connectivity index (χ2v) is 4.01. The van der Waals surface area contributed by atoms with Crippen molar-refractivity contribution in [2.75, 3.05) is 7.11 Å². The molecular formula is C16H14O3. The predicted octanol–water partition coefficient (Wildman–Crippen LogP) is 3.14.